The Balaban J connectivity index is 0. The molecular formula is C4H4F3NO2. The molecule has 0 bridgehead atoms. The summed E-state index contributed by atoms with van der Waals surface area (Å²) in [5.74, 6) is -2.00. The van der Waals surface area contributed by atoms with Gasteiger partial charge in [-0.3, -0.25) is 4.79 Å². The van der Waals surface area contributed by atoms with Crippen LogP contribution < -0.4 is 0 Å². The predicted molar refractivity (Wildman–Crippen MR) is 24.9 cm³/mol. The average molecular weight is 155 g/mol. The fraction of sp³-hybridized carbons (Fsp3) is 0.500. The first-order chi connectivity index (χ1) is 3.98. The monoisotopic (exact) mass is 155 g/mol. The molecule has 6 heteroatoms. The summed E-state index contributed by atoms with van der Waals surface area (Å²) in [6, 6.07) is 1.10. The van der Waals surface area contributed by atoms with Gasteiger partial charge in [0.15, 0.2) is 0 Å². The topological polar surface area (TPSA) is 72.4 Å². The summed E-state index contributed by atoms with van der Waals surface area (Å²) in [5.41, 5.74) is 0. The average Bonchev–Trinajstić information content (AvgIpc) is 1.64. The quantitative estimate of drug-likeness (QED) is 0.542. The number of hydrogen-bond donors (Lipinski definition) is 0. The molecule has 0 aliphatic heterocycles. The Hall–Kier alpha value is -1.09. The predicted octanol–water partition coefficient (Wildman–Crippen LogP) is 0.207. The second kappa shape index (κ2) is 3.85. The number of ketones is 1. The zero-order valence-electron chi connectivity index (χ0n) is 4.70. The van der Waals surface area contributed by atoms with Crippen LogP contribution in [0.4, 0.5) is 13.2 Å². The second-order valence-electron chi connectivity index (χ2n) is 1.26. The molecular weight excluding hydrogens is 151 g/mol. The lowest BCUT2D eigenvalue weighted by Crippen LogP contribution is -2.21. The Morgan fingerprint density at radius 2 is 1.90 bits per heavy atom. The molecule has 0 aromatic rings. The third-order valence-electron chi connectivity index (χ3n) is 0.556. The van der Waals surface area contributed by atoms with Crippen LogP contribution in [-0.2, 0) is 4.79 Å². The normalized spacial score (nSPS) is 9.40. The highest BCUT2D eigenvalue weighted by Gasteiger charge is 2.37. The van der Waals surface area contributed by atoms with Gasteiger partial charge in [0.05, 0.1) is 6.07 Å². The molecule has 0 rings (SSSR count). The minimum absolute atomic E-state index is 0. The van der Waals surface area contributed by atoms with Crippen LogP contribution in [0.15, 0.2) is 0 Å². The fourth-order valence-corrected chi connectivity index (χ4v) is 0.172. The van der Waals surface area contributed by atoms with E-state index >= 15 is 0 Å². The molecule has 2 N–H and O–H groups in total. The van der Waals surface area contributed by atoms with Crippen LogP contribution in [0, 0.1) is 11.3 Å². The molecule has 0 amide bonds. The minimum Gasteiger partial charge on any atom is -0.412 e. The first-order valence-corrected chi connectivity index (χ1v) is 1.95. The Labute approximate surface area is 54.4 Å². The first-order valence-electron chi connectivity index (χ1n) is 1.95. The summed E-state index contributed by atoms with van der Waals surface area (Å²) in [4.78, 5) is 9.72. The summed E-state index contributed by atoms with van der Waals surface area (Å²) in [5, 5.41) is 7.63. The Bertz CT molecular complexity index is 157. The van der Waals surface area contributed by atoms with Gasteiger partial charge in [-0.05, 0) is 0 Å². The van der Waals surface area contributed by atoms with Crippen LogP contribution in [0.2, 0.25) is 0 Å². The Kier molecular flexibility index (Phi) is 4.49. The van der Waals surface area contributed by atoms with Crippen LogP contribution in [0.5, 0.6) is 0 Å². The largest absolute Gasteiger partial charge is 0.451 e. The molecule has 0 aliphatic carbocycles. The summed E-state index contributed by atoms with van der Waals surface area (Å²) in [6.45, 7) is 0. The van der Waals surface area contributed by atoms with Gasteiger partial charge in [-0.1, -0.05) is 0 Å². The summed E-state index contributed by atoms with van der Waals surface area (Å²) in [7, 11) is 0. The van der Waals surface area contributed by atoms with E-state index in [2.05, 4.69) is 0 Å². The van der Waals surface area contributed by atoms with Gasteiger partial charge in [0.1, 0.15) is 6.42 Å². The maximum absolute atomic E-state index is 11.1. The highest BCUT2D eigenvalue weighted by molar-refractivity contribution is 5.85. The highest BCUT2D eigenvalue weighted by atomic mass is 19.4. The number of alkyl halides is 3. The van der Waals surface area contributed by atoms with Crippen molar-refractivity contribution in [2.45, 2.75) is 12.6 Å². The standard InChI is InChI=1S/C4H2F3NO.H2O/c5-4(6,7)3(9)1-2-8;/h1H2;1H2. The van der Waals surface area contributed by atoms with E-state index in [1.165, 1.54) is 0 Å². The number of nitrogens with zero attached hydrogens (tertiary/aromatic N) is 1. The molecule has 58 valence electrons. The lowest BCUT2D eigenvalue weighted by atomic mass is 10.3. The van der Waals surface area contributed by atoms with Crippen molar-refractivity contribution < 1.29 is 23.4 Å². The maximum Gasteiger partial charge on any atom is 0.451 e. The van der Waals surface area contributed by atoms with Crippen molar-refractivity contribution in [3.8, 4) is 6.07 Å². The van der Waals surface area contributed by atoms with Crippen LogP contribution in [0.3, 0.4) is 0 Å². The molecule has 0 heterocycles. The third-order valence-corrected chi connectivity index (χ3v) is 0.556. The maximum atomic E-state index is 11.1. The van der Waals surface area contributed by atoms with Gasteiger partial charge in [-0.25, -0.2) is 0 Å². The summed E-state index contributed by atoms with van der Waals surface area (Å²) in [6.07, 6.45) is -5.95. The first kappa shape index (κ1) is 11.7. The smallest absolute Gasteiger partial charge is 0.412 e. The van der Waals surface area contributed by atoms with Gasteiger partial charge in [0, 0.05) is 0 Å². The minimum atomic E-state index is -4.85. The number of carbonyl (C=O) groups is 1. The number of halogens is 3. The van der Waals surface area contributed by atoms with E-state index in [9.17, 15) is 18.0 Å². The molecule has 10 heavy (non-hydrogen) atoms. The van der Waals surface area contributed by atoms with E-state index in [0.717, 1.165) is 6.07 Å². The number of rotatable bonds is 1. The highest BCUT2D eigenvalue weighted by Crippen LogP contribution is 2.16. The molecule has 0 saturated carbocycles. The van der Waals surface area contributed by atoms with E-state index in [-0.39, 0.29) is 5.48 Å². The van der Waals surface area contributed by atoms with Gasteiger partial charge < -0.3 is 5.48 Å². The van der Waals surface area contributed by atoms with Crippen molar-refractivity contribution in [3.63, 3.8) is 0 Å². The molecule has 0 radical (unpaired) electrons. The van der Waals surface area contributed by atoms with E-state index in [1.54, 1.807) is 0 Å². The van der Waals surface area contributed by atoms with Crippen molar-refractivity contribution in [2.24, 2.45) is 0 Å². The third kappa shape index (κ3) is 3.86. The van der Waals surface area contributed by atoms with E-state index in [1.807, 2.05) is 0 Å². The molecule has 0 saturated heterocycles. The molecule has 0 unspecified atom stereocenters. The zero-order valence-corrected chi connectivity index (χ0v) is 4.70. The van der Waals surface area contributed by atoms with Crippen molar-refractivity contribution in [1.29, 1.82) is 5.26 Å². The van der Waals surface area contributed by atoms with Gasteiger partial charge in [-0.15, -0.1) is 0 Å². The van der Waals surface area contributed by atoms with E-state index in [0.29, 0.717) is 0 Å². The van der Waals surface area contributed by atoms with Crippen LogP contribution in [0.25, 0.3) is 0 Å². The Morgan fingerprint density at radius 3 is 2.00 bits per heavy atom. The molecule has 0 spiro atoms. The van der Waals surface area contributed by atoms with Crippen molar-refractivity contribution in [2.75, 3.05) is 0 Å². The molecule has 0 aromatic carbocycles. The van der Waals surface area contributed by atoms with Gasteiger partial charge >= 0.3 is 6.18 Å². The van der Waals surface area contributed by atoms with Crippen LogP contribution in [-0.4, -0.2) is 17.4 Å². The molecule has 3 nitrogen and oxygen atoms in total. The summed E-state index contributed by atoms with van der Waals surface area (Å²) < 4.78 is 33.4. The van der Waals surface area contributed by atoms with Gasteiger partial charge in [-0.2, -0.15) is 18.4 Å². The van der Waals surface area contributed by atoms with Crippen LogP contribution >= 0.6 is 0 Å². The second-order valence-corrected chi connectivity index (χ2v) is 1.26. The number of nitriles is 1. The summed E-state index contributed by atoms with van der Waals surface area (Å²) >= 11 is 0. The van der Waals surface area contributed by atoms with Crippen molar-refractivity contribution in [3.05, 3.63) is 0 Å². The Morgan fingerprint density at radius 1 is 1.50 bits per heavy atom. The molecule has 0 aromatic heterocycles. The molecule has 0 fully saturated rings. The van der Waals surface area contributed by atoms with Gasteiger partial charge in [0.25, 0.3) is 0 Å². The fourth-order valence-electron chi connectivity index (χ4n) is 0.172. The number of Topliss-reactive ketones (excluding diaryl/α,β-unsaturated/α-hetero) is 1. The van der Waals surface area contributed by atoms with E-state index < -0.39 is 18.4 Å². The zero-order chi connectivity index (χ0) is 7.49. The lowest BCUT2D eigenvalue weighted by Gasteiger charge is -1.98. The van der Waals surface area contributed by atoms with Crippen LogP contribution in [0.1, 0.15) is 6.42 Å². The van der Waals surface area contributed by atoms with Crippen molar-refractivity contribution >= 4 is 5.78 Å². The SMILES string of the molecule is N#CCC(=O)C(F)(F)F.O. The molecule has 0 aliphatic rings. The number of hydrogen-bond acceptors (Lipinski definition) is 2. The van der Waals surface area contributed by atoms with E-state index in [4.69, 9.17) is 5.26 Å². The number of carbonyl (C=O) groups excluding carboxylic acids is 1. The van der Waals surface area contributed by atoms with Crippen molar-refractivity contribution in [1.82, 2.24) is 0 Å². The molecule has 0 atom stereocenters. The lowest BCUT2D eigenvalue weighted by molar-refractivity contribution is -0.169. The van der Waals surface area contributed by atoms with Gasteiger partial charge in [0.2, 0.25) is 5.78 Å².